The monoisotopic (exact) mass is 211 g/mol. The molecule has 0 amide bonds. The highest BCUT2D eigenvalue weighted by atomic mass is 32.2. The van der Waals surface area contributed by atoms with E-state index in [1.165, 1.54) is 0 Å². The first kappa shape index (κ1) is 10.9. The summed E-state index contributed by atoms with van der Waals surface area (Å²) < 4.78 is 4.86. The molecule has 0 saturated heterocycles. The molecule has 4 heteroatoms. The van der Waals surface area contributed by atoms with E-state index < -0.39 is 0 Å². The van der Waals surface area contributed by atoms with Crippen LogP contribution in [0.3, 0.4) is 0 Å². The van der Waals surface area contributed by atoms with E-state index in [4.69, 9.17) is 10.5 Å². The molecule has 1 aromatic carbocycles. The standard InChI is InChI=1S/C10H13NO2S/c1-3-13-10(12)8-5-4-7(14-2)6-9(8)11/h4-6H,3,11H2,1-2H3. The van der Waals surface area contributed by atoms with Crippen molar-refractivity contribution in [2.24, 2.45) is 0 Å². The van der Waals surface area contributed by atoms with E-state index in [1.54, 1.807) is 30.8 Å². The van der Waals surface area contributed by atoms with Crippen LogP contribution in [0.1, 0.15) is 17.3 Å². The predicted molar refractivity (Wildman–Crippen MR) is 58.6 cm³/mol. The first-order chi connectivity index (χ1) is 6.69. The van der Waals surface area contributed by atoms with Gasteiger partial charge in [0.25, 0.3) is 0 Å². The smallest absolute Gasteiger partial charge is 0.340 e. The van der Waals surface area contributed by atoms with Crippen molar-refractivity contribution in [3.05, 3.63) is 23.8 Å². The van der Waals surface area contributed by atoms with E-state index in [9.17, 15) is 4.79 Å². The molecule has 0 bridgehead atoms. The zero-order valence-corrected chi connectivity index (χ0v) is 9.06. The number of carbonyl (C=O) groups is 1. The fourth-order valence-corrected chi connectivity index (χ4v) is 1.51. The van der Waals surface area contributed by atoms with Crippen LogP contribution in [0.15, 0.2) is 23.1 Å². The van der Waals surface area contributed by atoms with Gasteiger partial charge in [0.15, 0.2) is 0 Å². The molecule has 0 fully saturated rings. The number of hydrogen-bond donors (Lipinski definition) is 1. The SMILES string of the molecule is CCOC(=O)c1ccc(SC)cc1N. The molecule has 0 unspecified atom stereocenters. The summed E-state index contributed by atoms with van der Waals surface area (Å²) in [5, 5.41) is 0. The van der Waals surface area contributed by atoms with Crippen molar-refractivity contribution in [3.63, 3.8) is 0 Å². The molecular weight excluding hydrogens is 198 g/mol. The van der Waals surface area contributed by atoms with Crippen molar-refractivity contribution in [1.29, 1.82) is 0 Å². The Balaban J connectivity index is 2.94. The molecule has 2 N–H and O–H groups in total. The second-order valence-electron chi connectivity index (χ2n) is 2.67. The molecule has 1 rings (SSSR count). The van der Waals surface area contributed by atoms with E-state index in [0.717, 1.165) is 4.90 Å². The van der Waals surface area contributed by atoms with Gasteiger partial charge in [0.1, 0.15) is 0 Å². The van der Waals surface area contributed by atoms with Crippen LogP contribution in [0.4, 0.5) is 5.69 Å². The normalized spacial score (nSPS) is 9.86. The number of benzene rings is 1. The predicted octanol–water partition coefficient (Wildman–Crippen LogP) is 2.17. The number of rotatable bonds is 3. The maximum absolute atomic E-state index is 11.4. The highest BCUT2D eigenvalue weighted by Crippen LogP contribution is 2.21. The van der Waals surface area contributed by atoms with Crippen LogP contribution >= 0.6 is 11.8 Å². The zero-order valence-electron chi connectivity index (χ0n) is 8.24. The summed E-state index contributed by atoms with van der Waals surface area (Å²) in [5.74, 6) is -0.363. The Morgan fingerprint density at radius 1 is 1.57 bits per heavy atom. The molecule has 0 heterocycles. The lowest BCUT2D eigenvalue weighted by molar-refractivity contribution is 0.0527. The molecule has 0 atom stereocenters. The third kappa shape index (κ3) is 2.42. The van der Waals surface area contributed by atoms with Gasteiger partial charge < -0.3 is 10.5 Å². The van der Waals surface area contributed by atoms with Crippen LogP contribution in [0.25, 0.3) is 0 Å². The third-order valence-electron chi connectivity index (χ3n) is 1.75. The Morgan fingerprint density at radius 2 is 2.29 bits per heavy atom. The Bertz CT molecular complexity index is 339. The van der Waals surface area contributed by atoms with Gasteiger partial charge in [0.05, 0.1) is 12.2 Å². The van der Waals surface area contributed by atoms with Crippen LogP contribution in [-0.4, -0.2) is 18.8 Å². The van der Waals surface area contributed by atoms with Gasteiger partial charge in [-0.2, -0.15) is 0 Å². The molecule has 14 heavy (non-hydrogen) atoms. The van der Waals surface area contributed by atoms with E-state index in [-0.39, 0.29) is 5.97 Å². The number of hydrogen-bond acceptors (Lipinski definition) is 4. The lowest BCUT2D eigenvalue weighted by Gasteiger charge is -2.06. The average Bonchev–Trinajstić information content (AvgIpc) is 2.17. The van der Waals surface area contributed by atoms with Gasteiger partial charge in [0, 0.05) is 10.6 Å². The summed E-state index contributed by atoms with van der Waals surface area (Å²) in [7, 11) is 0. The number of nitrogens with two attached hydrogens (primary N) is 1. The maximum Gasteiger partial charge on any atom is 0.340 e. The second kappa shape index (κ2) is 4.91. The highest BCUT2D eigenvalue weighted by Gasteiger charge is 2.10. The minimum absolute atomic E-state index is 0.363. The largest absolute Gasteiger partial charge is 0.462 e. The fourth-order valence-electron chi connectivity index (χ4n) is 1.06. The van der Waals surface area contributed by atoms with Crippen molar-refractivity contribution < 1.29 is 9.53 Å². The summed E-state index contributed by atoms with van der Waals surface area (Å²) in [6, 6.07) is 5.32. The molecule has 3 nitrogen and oxygen atoms in total. The minimum Gasteiger partial charge on any atom is -0.462 e. The van der Waals surface area contributed by atoms with Crippen molar-refractivity contribution in [1.82, 2.24) is 0 Å². The number of anilines is 1. The van der Waals surface area contributed by atoms with Gasteiger partial charge in [0.2, 0.25) is 0 Å². The van der Waals surface area contributed by atoms with Crippen LogP contribution in [0.5, 0.6) is 0 Å². The molecular formula is C10H13NO2S. The van der Waals surface area contributed by atoms with Crippen molar-refractivity contribution in [2.45, 2.75) is 11.8 Å². The summed E-state index contributed by atoms with van der Waals surface area (Å²) in [4.78, 5) is 12.4. The van der Waals surface area contributed by atoms with E-state index in [1.807, 2.05) is 12.3 Å². The molecule has 0 saturated carbocycles. The number of thioether (sulfide) groups is 1. The van der Waals surface area contributed by atoms with Crippen molar-refractivity contribution in [2.75, 3.05) is 18.6 Å². The molecule has 0 radical (unpaired) electrons. The van der Waals surface area contributed by atoms with Gasteiger partial charge >= 0.3 is 5.97 Å². The van der Waals surface area contributed by atoms with Crippen LogP contribution in [0.2, 0.25) is 0 Å². The first-order valence-corrected chi connectivity index (χ1v) is 5.52. The third-order valence-corrected chi connectivity index (χ3v) is 2.48. The molecule has 0 aliphatic heterocycles. The summed E-state index contributed by atoms with van der Waals surface area (Å²) in [6.45, 7) is 2.13. The Kier molecular flexibility index (Phi) is 3.83. The summed E-state index contributed by atoms with van der Waals surface area (Å²) in [5.41, 5.74) is 6.62. The van der Waals surface area contributed by atoms with Gasteiger partial charge in [-0.05, 0) is 31.4 Å². The van der Waals surface area contributed by atoms with E-state index >= 15 is 0 Å². The van der Waals surface area contributed by atoms with Crippen molar-refractivity contribution >= 4 is 23.4 Å². The number of nitrogen functional groups attached to an aromatic ring is 1. The summed E-state index contributed by atoms with van der Waals surface area (Å²) >= 11 is 1.58. The lowest BCUT2D eigenvalue weighted by atomic mass is 10.2. The first-order valence-electron chi connectivity index (χ1n) is 4.29. The van der Waals surface area contributed by atoms with Gasteiger partial charge in [-0.15, -0.1) is 11.8 Å². The average molecular weight is 211 g/mol. The Labute approximate surface area is 87.6 Å². The van der Waals surface area contributed by atoms with Gasteiger partial charge in [-0.1, -0.05) is 0 Å². The van der Waals surface area contributed by atoms with Crippen molar-refractivity contribution in [3.8, 4) is 0 Å². The molecule has 0 aliphatic carbocycles. The van der Waals surface area contributed by atoms with Crippen LogP contribution in [0, 0.1) is 0 Å². The number of esters is 1. The second-order valence-corrected chi connectivity index (χ2v) is 3.55. The number of ether oxygens (including phenoxy) is 1. The zero-order chi connectivity index (χ0) is 10.6. The molecule has 0 aliphatic rings. The lowest BCUT2D eigenvalue weighted by Crippen LogP contribution is -2.07. The van der Waals surface area contributed by atoms with E-state index in [2.05, 4.69) is 0 Å². The number of carbonyl (C=O) groups excluding carboxylic acids is 1. The summed E-state index contributed by atoms with van der Waals surface area (Å²) in [6.07, 6.45) is 1.96. The maximum atomic E-state index is 11.4. The fraction of sp³-hybridized carbons (Fsp3) is 0.300. The minimum atomic E-state index is -0.363. The highest BCUT2D eigenvalue weighted by molar-refractivity contribution is 7.98. The van der Waals surface area contributed by atoms with Gasteiger partial charge in [-0.3, -0.25) is 0 Å². The molecule has 0 aromatic heterocycles. The van der Waals surface area contributed by atoms with E-state index in [0.29, 0.717) is 17.9 Å². The topological polar surface area (TPSA) is 52.3 Å². The Hall–Kier alpha value is -1.16. The quantitative estimate of drug-likeness (QED) is 0.473. The molecule has 0 spiro atoms. The van der Waals surface area contributed by atoms with Crippen LogP contribution < -0.4 is 5.73 Å². The van der Waals surface area contributed by atoms with Gasteiger partial charge in [-0.25, -0.2) is 4.79 Å². The molecule has 76 valence electrons. The Morgan fingerprint density at radius 3 is 2.79 bits per heavy atom. The molecule has 1 aromatic rings. The van der Waals surface area contributed by atoms with Crippen LogP contribution in [-0.2, 0) is 4.74 Å².